The number of hydrogen-bond donors (Lipinski definition) is 7. The van der Waals surface area contributed by atoms with Crippen LogP contribution in [0.3, 0.4) is 0 Å². The highest BCUT2D eigenvalue weighted by Crippen LogP contribution is 2.35. The maximum Gasteiger partial charge on any atom is 0.187 e. The van der Waals surface area contributed by atoms with E-state index in [1.54, 1.807) is 12.1 Å². The molecule has 11 heteroatoms. The van der Waals surface area contributed by atoms with Crippen LogP contribution in [0, 0.1) is 0 Å². The third kappa shape index (κ3) is 4.92. The first-order valence-corrected chi connectivity index (χ1v) is 10.1. The first-order valence-electron chi connectivity index (χ1n) is 9.17. The lowest BCUT2D eigenvalue weighted by Crippen LogP contribution is -2.64. The zero-order valence-corrected chi connectivity index (χ0v) is 16.2. The molecule has 10 nitrogen and oxygen atoms in total. The third-order valence-electron chi connectivity index (χ3n) is 4.96. The quantitative estimate of drug-likeness (QED) is 0.251. The number of hydrogen-bond acceptors (Lipinski definition) is 11. The highest BCUT2D eigenvalue weighted by molar-refractivity contribution is 7.99. The Morgan fingerprint density at radius 2 is 1.41 bits per heavy atom. The second-order valence-electron chi connectivity index (χ2n) is 6.94. The normalized spacial score (nSPS) is 43.3. The van der Waals surface area contributed by atoms with E-state index in [9.17, 15) is 35.7 Å². The number of rotatable bonds is 6. The standard InChI is InChI=1S/C18H26O10S/c19-6-9-11(21)12(22)14(24)17(26-9)28-16-10(7-20)27-18(15(25)13(16)23)29-8-4-2-1-3-5-8/h1-5,9-25H,6-7H2/t9-,10-,11+,12+,13-,14-,15-,16+,17+,18+/m1/s1. The number of aliphatic hydroxyl groups excluding tert-OH is 7. The summed E-state index contributed by atoms with van der Waals surface area (Å²) in [4.78, 5) is 0.786. The molecule has 2 fully saturated rings. The Morgan fingerprint density at radius 1 is 0.759 bits per heavy atom. The molecule has 1 aromatic carbocycles. The van der Waals surface area contributed by atoms with E-state index in [1.807, 2.05) is 18.2 Å². The van der Waals surface area contributed by atoms with Gasteiger partial charge in [0.1, 0.15) is 54.3 Å². The van der Waals surface area contributed by atoms with E-state index in [1.165, 1.54) is 0 Å². The van der Waals surface area contributed by atoms with Crippen LogP contribution < -0.4 is 0 Å². The summed E-state index contributed by atoms with van der Waals surface area (Å²) in [5, 5.41) is 69.8. The summed E-state index contributed by atoms with van der Waals surface area (Å²) in [5.41, 5.74) is -0.890. The van der Waals surface area contributed by atoms with Crippen molar-refractivity contribution >= 4 is 11.8 Å². The predicted octanol–water partition coefficient (Wildman–Crippen LogP) is -2.60. The molecule has 3 rings (SSSR count). The van der Waals surface area contributed by atoms with Crippen LogP contribution in [0.5, 0.6) is 0 Å². The Kier molecular flexibility index (Phi) is 7.87. The number of ether oxygens (including phenoxy) is 3. The Balaban J connectivity index is 1.71. The lowest BCUT2D eigenvalue weighted by molar-refractivity contribution is -0.338. The summed E-state index contributed by atoms with van der Waals surface area (Å²) >= 11 is 1.16. The van der Waals surface area contributed by atoms with Crippen molar-refractivity contribution < 1.29 is 50.0 Å². The van der Waals surface area contributed by atoms with Crippen LogP contribution in [0.1, 0.15) is 0 Å². The molecule has 2 aliphatic rings. The topological polar surface area (TPSA) is 169 Å². The van der Waals surface area contributed by atoms with Gasteiger partial charge >= 0.3 is 0 Å². The molecule has 1 aromatic rings. The zero-order valence-electron chi connectivity index (χ0n) is 15.3. The van der Waals surface area contributed by atoms with Crippen LogP contribution in [0.25, 0.3) is 0 Å². The summed E-state index contributed by atoms with van der Waals surface area (Å²) in [5.74, 6) is 0. The first-order chi connectivity index (χ1) is 13.9. The first kappa shape index (κ1) is 22.8. The van der Waals surface area contributed by atoms with E-state index in [2.05, 4.69) is 0 Å². The summed E-state index contributed by atoms with van der Waals surface area (Å²) in [7, 11) is 0. The summed E-state index contributed by atoms with van der Waals surface area (Å²) in [6, 6.07) is 9.05. The minimum absolute atomic E-state index is 0.558. The average molecular weight is 434 g/mol. The van der Waals surface area contributed by atoms with Crippen molar-refractivity contribution in [2.75, 3.05) is 13.2 Å². The summed E-state index contributed by atoms with van der Waals surface area (Å²) < 4.78 is 16.5. The molecule has 0 spiro atoms. The van der Waals surface area contributed by atoms with Crippen LogP contribution in [0.2, 0.25) is 0 Å². The van der Waals surface area contributed by atoms with Crippen LogP contribution in [-0.4, -0.2) is 110 Å². The smallest absolute Gasteiger partial charge is 0.187 e. The highest BCUT2D eigenvalue weighted by Gasteiger charge is 2.50. The van der Waals surface area contributed by atoms with Crippen LogP contribution in [-0.2, 0) is 14.2 Å². The van der Waals surface area contributed by atoms with Gasteiger partial charge in [-0.2, -0.15) is 0 Å². The molecule has 0 unspecified atom stereocenters. The van der Waals surface area contributed by atoms with Crippen LogP contribution in [0.4, 0.5) is 0 Å². The van der Waals surface area contributed by atoms with Gasteiger partial charge in [-0.05, 0) is 12.1 Å². The molecule has 2 heterocycles. The van der Waals surface area contributed by atoms with Gasteiger partial charge < -0.3 is 50.0 Å². The largest absolute Gasteiger partial charge is 0.394 e. The Bertz CT molecular complexity index is 632. The Morgan fingerprint density at radius 3 is 2.03 bits per heavy atom. The van der Waals surface area contributed by atoms with Gasteiger partial charge in [0, 0.05) is 4.90 Å². The third-order valence-corrected chi connectivity index (χ3v) is 6.12. The van der Waals surface area contributed by atoms with Gasteiger partial charge in [0.25, 0.3) is 0 Å². The molecular formula is C18H26O10S. The lowest BCUT2D eigenvalue weighted by Gasteiger charge is -2.46. The molecule has 0 aliphatic carbocycles. The van der Waals surface area contributed by atoms with E-state index in [0.717, 1.165) is 16.7 Å². The van der Waals surface area contributed by atoms with Gasteiger partial charge in [-0.15, -0.1) is 0 Å². The minimum atomic E-state index is -1.69. The molecule has 0 radical (unpaired) electrons. The average Bonchev–Trinajstić information content (AvgIpc) is 2.74. The molecule has 0 aromatic heterocycles. The monoisotopic (exact) mass is 434 g/mol. The zero-order chi connectivity index (χ0) is 21.1. The van der Waals surface area contributed by atoms with E-state index in [0.29, 0.717) is 0 Å². The molecule has 0 bridgehead atoms. The fourth-order valence-electron chi connectivity index (χ4n) is 3.29. The van der Waals surface area contributed by atoms with E-state index >= 15 is 0 Å². The summed E-state index contributed by atoms with van der Waals surface area (Å²) in [6.45, 7) is -1.20. The molecule has 0 saturated carbocycles. The predicted molar refractivity (Wildman–Crippen MR) is 98.7 cm³/mol. The van der Waals surface area contributed by atoms with Gasteiger partial charge in [-0.1, -0.05) is 30.0 Å². The van der Waals surface area contributed by atoms with Crippen LogP contribution >= 0.6 is 11.8 Å². The fraction of sp³-hybridized carbons (Fsp3) is 0.667. The molecule has 2 saturated heterocycles. The van der Waals surface area contributed by atoms with Crippen LogP contribution in [0.15, 0.2) is 35.2 Å². The van der Waals surface area contributed by atoms with Gasteiger partial charge in [0.15, 0.2) is 6.29 Å². The molecular weight excluding hydrogens is 408 g/mol. The molecule has 7 N–H and O–H groups in total. The Hall–Kier alpha value is -0.830. The highest BCUT2D eigenvalue weighted by atomic mass is 32.2. The van der Waals surface area contributed by atoms with Crippen molar-refractivity contribution in [2.45, 2.75) is 65.5 Å². The van der Waals surface area contributed by atoms with E-state index < -0.39 is 73.8 Å². The second-order valence-corrected chi connectivity index (χ2v) is 8.11. The van der Waals surface area contributed by atoms with Gasteiger partial charge in [0.2, 0.25) is 0 Å². The lowest BCUT2D eigenvalue weighted by atomic mass is 9.97. The molecule has 10 atom stereocenters. The molecule has 0 amide bonds. The van der Waals surface area contributed by atoms with Crippen molar-refractivity contribution in [3.63, 3.8) is 0 Å². The minimum Gasteiger partial charge on any atom is -0.394 e. The van der Waals surface area contributed by atoms with E-state index in [4.69, 9.17) is 14.2 Å². The molecule has 2 aliphatic heterocycles. The van der Waals surface area contributed by atoms with E-state index in [-0.39, 0.29) is 0 Å². The number of benzene rings is 1. The van der Waals surface area contributed by atoms with Gasteiger partial charge in [-0.3, -0.25) is 0 Å². The Labute approximate surface area is 171 Å². The number of thioether (sulfide) groups is 1. The molecule has 29 heavy (non-hydrogen) atoms. The fourth-order valence-corrected chi connectivity index (χ4v) is 4.37. The van der Waals surface area contributed by atoms with Crippen molar-refractivity contribution in [3.8, 4) is 0 Å². The second kappa shape index (κ2) is 9.98. The van der Waals surface area contributed by atoms with Gasteiger partial charge in [0.05, 0.1) is 13.2 Å². The summed E-state index contributed by atoms with van der Waals surface area (Å²) in [6.07, 6.45) is -12.9. The van der Waals surface area contributed by atoms with Crippen molar-refractivity contribution in [2.24, 2.45) is 0 Å². The van der Waals surface area contributed by atoms with Crippen molar-refractivity contribution in [1.82, 2.24) is 0 Å². The maximum absolute atomic E-state index is 10.6. The van der Waals surface area contributed by atoms with Crippen molar-refractivity contribution in [3.05, 3.63) is 30.3 Å². The maximum atomic E-state index is 10.6. The van der Waals surface area contributed by atoms with Crippen molar-refractivity contribution in [1.29, 1.82) is 0 Å². The molecule has 164 valence electrons. The SMILES string of the molecule is OC[C@H]1O[C@@H](O[C@@H]2[C@H](O)[C@@H](O)[C@H](Sc3ccccc3)O[C@@H]2CO)[C@H](O)[C@@H](O)[C@H]1O. The number of aliphatic hydroxyl groups is 7. The van der Waals surface area contributed by atoms with Gasteiger partial charge in [-0.25, -0.2) is 0 Å².